The van der Waals surface area contributed by atoms with Crippen LogP contribution in [0.2, 0.25) is 0 Å². The molecule has 0 bridgehead atoms. The monoisotopic (exact) mass is 302 g/mol. The Morgan fingerprint density at radius 2 is 2.00 bits per heavy atom. The van der Waals surface area contributed by atoms with Crippen molar-refractivity contribution in [1.82, 2.24) is 20.5 Å². The van der Waals surface area contributed by atoms with E-state index in [1.165, 1.54) is 0 Å². The van der Waals surface area contributed by atoms with E-state index < -0.39 is 0 Å². The van der Waals surface area contributed by atoms with E-state index in [1.807, 2.05) is 26.0 Å². The molecule has 3 N–H and O–H groups in total. The molecule has 0 spiro atoms. The first-order chi connectivity index (χ1) is 10.5. The molecule has 2 aromatic rings. The molecule has 1 aromatic heterocycles. The Hall–Kier alpha value is -2.21. The first-order valence-corrected chi connectivity index (χ1v) is 7.41. The lowest BCUT2D eigenvalue weighted by molar-refractivity contribution is 0.0939. The van der Waals surface area contributed by atoms with Crippen molar-refractivity contribution in [2.45, 2.75) is 33.3 Å². The van der Waals surface area contributed by atoms with E-state index in [2.05, 4.69) is 20.5 Å². The van der Waals surface area contributed by atoms with Gasteiger partial charge in [-0.3, -0.25) is 9.89 Å². The van der Waals surface area contributed by atoms with Crippen LogP contribution in [-0.2, 0) is 0 Å². The van der Waals surface area contributed by atoms with E-state index in [1.54, 1.807) is 19.1 Å². The molecule has 0 aliphatic heterocycles. The summed E-state index contributed by atoms with van der Waals surface area (Å²) in [5.41, 5.74) is 1.46. The van der Waals surface area contributed by atoms with Crippen LogP contribution in [0.25, 0.3) is 11.4 Å². The minimum Gasteiger partial charge on any atom is -0.393 e. The third-order valence-corrected chi connectivity index (χ3v) is 3.36. The molecule has 1 amide bonds. The van der Waals surface area contributed by atoms with Gasteiger partial charge < -0.3 is 10.4 Å². The molecule has 0 radical (unpaired) electrons. The zero-order valence-electron chi connectivity index (χ0n) is 13.1. The van der Waals surface area contributed by atoms with Gasteiger partial charge in [-0.1, -0.05) is 19.1 Å². The van der Waals surface area contributed by atoms with Gasteiger partial charge in [0.15, 0.2) is 5.82 Å². The van der Waals surface area contributed by atoms with Crippen LogP contribution in [0.5, 0.6) is 0 Å². The topological polar surface area (TPSA) is 90.9 Å². The first kappa shape index (κ1) is 16.2. The fraction of sp³-hybridized carbons (Fsp3) is 0.438. The van der Waals surface area contributed by atoms with Crippen molar-refractivity contribution in [2.75, 3.05) is 6.54 Å². The highest BCUT2D eigenvalue weighted by Gasteiger charge is 2.11. The maximum absolute atomic E-state index is 12.1. The molecule has 2 atom stereocenters. The number of carbonyl (C=O) groups excluding carboxylic acids is 1. The molecule has 0 saturated heterocycles. The summed E-state index contributed by atoms with van der Waals surface area (Å²) < 4.78 is 0. The maximum Gasteiger partial charge on any atom is 0.251 e. The van der Waals surface area contributed by atoms with Crippen molar-refractivity contribution in [3.8, 4) is 11.4 Å². The molecule has 0 fully saturated rings. The minimum absolute atomic E-state index is 0.116. The summed E-state index contributed by atoms with van der Waals surface area (Å²) >= 11 is 0. The number of carbonyl (C=O) groups is 1. The van der Waals surface area contributed by atoms with Gasteiger partial charge in [0.25, 0.3) is 5.91 Å². The average molecular weight is 302 g/mol. The van der Waals surface area contributed by atoms with Gasteiger partial charge in [0.2, 0.25) is 0 Å². The molecule has 2 rings (SSSR count). The van der Waals surface area contributed by atoms with E-state index in [9.17, 15) is 9.90 Å². The average Bonchev–Trinajstić information content (AvgIpc) is 2.91. The standard InChI is InChI=1S/C16H22N4O2/c1-10(8-11(2)21)9-17-16(22)14-6-4-13(5-7-14)15-18-12(3)19-20-15/h4-7,10-11,21H,8-9H2,1-3H3,(H,17,22)(H,18,19,20). The fourth-order valence-electron chi connectivity index (χ4n) is 2.28. The second-order valence-electron chi connectivity index (χ2n) is 5.72. The fourth-order valence-corrected chi connectivity index (χ4v) is 2.28. The summed E-state index contributed by atoms with van der Waals surface area (Å²) in [7, 11) is 0. The number of nitrogens with zero attached hydrogens (tertiary/aromatic N) is 2. The van der Waals surface area contributed by atoms with Crippen molar-refractivity contribution < 1.29 is 9.90 Å². The molecule has 0 saturated carbocycles. The summed E-state index contributed by atoms with van der Waals surface area (Å²) in [6.07, 6.45) is 0.319. The number of amides is 1. The Morgan fingerprint density at radius 1 is 1.32 bits per heavy atom. The zero-order chi connectivity index (χ0) is 16.1. The Kier molecular flexibility index (Phi) is 5.27. The number of aryl methyl sites for hydroxylation is 1. The van der Waals surface area contributed by atoms with E-state index in [-0.39, 0.29) is 17.9 Å². The zero-order valence-corrected chi connectivity index (χ0v) is 13.1. The molecule has 0 aliphatic rings. The molecule has 0 aliphatic carbocycles. The number of aliphatic hydroxyl groups excluding tert-OH is 1. The number of hydrogen-bond acceptors (Lipinski definition) is 4. The molecule has 22 heavy (non-hydrogen) atoms. The normalized spacial score (nSPS) is 13.6. The van der Waals surface area contributed by atoms with Gasteiger partial charge in [0, 0.05) is 17.7 Å². The molecule has 1 heterocycles. The van der Waals surface area contributed by atoms with E-state index in [4.69, 9.17) is 0 Å². The quantitative estimate of drug-likeness (QED) is 0.760. The number of aliphatic hydroxyl groups is 1. The van der Waals surface area contributed by atoms with Crippen molar-refractivity contribution in [2.24, 2.45) is 5.92 Å². The van der Waals surface area contributed by atoms with Gasteiger partial charge in [-0.05, 0) is 38.3 Å². The number of H-pyrrole nitrogens is 1. The number of aromatic nitrogens is 3. The van der Waals surface area contributed by atoms with Crippen LogP contribution in [0, 0.1) is 12.8 Å². The number of nitrogens with one attached hydrogen (secondary N) is 2. The SMILES string of the molecule is Cc1nc(-c2ccc(C(=O)NCC(C)CC(C)O)cc2)n[nH]1. The van der Waals surface area contributed by atoms with Gasteiger partial charge >= 0.3 is 0 Å². The molecule has 6 heteroatoms. The van der Waals surface area contributed by atoms with Crippen molar-refractivity contribution in [1.29, 1.82) is 0 Å². The van der Waals surface area contributed by atoms with Crippen LogP contribution in [0.15, 0.2) is 24.3 Å². The number of hydrogen-bond donors (Lipinski definition) is 3. The Labute approximate surface area is 130 Å². The minimum atomic E-state index is -0.351. The van der Waals surface area contributed by atoms with Gasteiger partial charge in [-0.2, -0.15) is 5.10 Å². The molecule has 2 unspecified atom stereocenters. The van der Waals surface area contributed by atoms with Gasteiger partial charge in [-0.25, -0.2) is 4.98 Å². The molecule has 1 aromatic carbocycles. The Balaban J connectivity index is 1.94. The second kappa shape index (κ2) is 7.17. The Morgan fingerprint density at radius 3 is 2.55 bits per heavy atom. The third kappa shape index (κ3) is 4.39. The molecule has 6 nitrogen and oxygen atoms in total. The first-order valence-electron chi connectivity index (χ1n) is 7.41. The van der Waals surface area contributed by atoms with Crippen molar-refractivity contribution in [3.63, 3.8) is 0 Å². The van der Waals surface area contributed by atoms with Crippen LogP contribution in [0.1, 0.15) is 36.5 Å². The number of aromatic amines is 1. The number of benzene rings is 1. The van der Waals surface area contributed by atoms with E-state index in [0.717, 1.165) is 11.4 Å². The highest BCUT2D eigenvalue weighted by molar-refractivity contribution is 5.94. The van der Waals surface area contributed by atoms with Gasteiger partial charge in [0.1, 0.15) is 5.82 Å². The van der Waals surface area contributed by atoms with Crippen LogP contribution in [-0.4, -0.2) is 38.8 Å². The summed E-state index contributed by atoms with van der Waals surface area (Å²) in [5, 5.41) is 19.1. The second-order valence-corrected chi connectivity index (χ2v) is 5.72. The van der Waals surface area contributed by atoms with Crippen LogP contribution < -0.4 is 5.32 Å². The predicted molar refractivity (Wildman–Crippen MR) is 84.4 cm³/mol. The van der Waals surface area contributed by atoms with Gasteiger partial charge in [0.05, 0.1) is 6.10 Å². The summed E-state index contributed by atoms with van der Waals surface area (Å²) in [6, 6.07) is 7.18. The molecular formula is C16H22N4O2. The Bertz CT molecular complexity index is 619. The van der Waals surface area contributed by atoms with Crippen LogP contribution in [0.3, 0.4) is 0 Å². The summed E-state index contributed by atoms with van der Waals surface area (Å²) in [5.74, 6) is 1.49. The maximum atomic E-state index is 12.1. The lowest BCUT2D eigenvalue weighted by Crippen LogP contribution is -2.29. The largest absolute Gasteiger partial charge is 0.393 e. The summed E-state index contributed by atoms with van der Waals surface area (Å²) in [4.78, 5) is 16.3. The molecule has 118 valence electrons. The lowest BCUT2D eigenvalue weighted by atomic mass is 10.0. The predicted octanol–water partition coefficient (Wildman–Crippen LogP) is 1.92. The lowest BCUT2D eigenvalue weighted by Gasteiger charge is -2.14. The van der Waals surface area contributed by atoms with Crippen LogP contribution >= 0.6 is 0 Å². The number of rotatable bonds is 6. The smallest absolute Gasteiger partial charge is 0.251 e. The van der Waals surface area contributed by atoms with Crippen LogP contribution in [0.4, 0.5) is 0 Å². The van der Waals surface area contributed by atoms with E-state index >= 15 is 0 Å². The summed E-state index contributed by atoms with van der Waals surface area (Å²) in [6.45, 7) is 6.14. The van der Waals surface area contributed by atoms with Crippen molar-refractivity contribution in [3.05, 3.63) is 35.7 Å². The third-order valence-electron chi connectivity index (χ3n) is 3.36. The van der Waals surface area contributed by atoms with E-state index in [0.29, 0.717) is 24.4 Å². The highest BCUT2D eigenvalue weighted by Crippen LogP contribution is 2.15. The van der Waals surface area contributed by atoms with Gasteiger partial charge in [-0.15, -0.1) is 0 Å². The highest BCUT2D eigenvalue weighted by atomic mass is 16.3. The van der Waals surface area contributed by atoms with Crippen molar-refractivity contribution >= 4 is 5.91 Å². The molecular weight excluding hydrogens is 280 g/mol.